The summed E-state index contributed by atoms with van der Waals surface area (Å²) in [5.41, 5.74) is 1.42. The van der Waals surface area contributed by atoms with Crippen molar-refractivity contribution in [2.45, 2.75) is 52.6 Å². The summed E-state index contributed by atoms with van der Waals surface area (Å²) in [7, 11) is 0. The van der Waals surface area contributed by atoms with Gasteiger partial charge in [-0.15, -0.1) is 0 Å². The zero-order valence-corrected chi connectivity index (χ0v) is 11.5. The molecule has 0 heterocycles. The van der Waals surface area contributed by atoms with Crippen LogP contribution in [0.5, 0.6) is 5.75 Å². The van der Waals surface area contributed by atoms with Crippen LogP contribution in [-0.2, 0) is 6.54 Å². The maximum Gasteiger partial charge on any atom is 0.119 e. The van der Waals surface area contributed by atoms with Crippen molar-refractivity contribution in [2.24, 2.45) is 0 Å². The zero-order valence-electron chi connectivity index (χ0n) is 11.5. The van der Waals surface area contributed by atoms with Gasteiger partial charge in [-0.3, -0.25) is 0 Å². The molecule has 0 aromatic heterocycles. The molecule has 0 radical (unpaired) electrons. The largest absolute Gasteiger partial charge is 0.494 e. The molecule has 0 amide bonds. The van der Waals surface area contributed by atoms with Crippen molar-refractivity contribution < 1.29 is 4.74 Å². The lowest BCUT2D eigenvalue weighted by Gasteiger charge is -2.20. The quantitative estimate of drug-likeness (QED) is 0.758. The maximum atomic E-state index is 5.69. The van der Waals surface area contributed by atoms with Crippen LogP contribution in [0, 0.1) is 0 Å². The van der Waals surface area contributed by atoms with E-state index in [1.807, 2.05) is 6.07 Å². The average Bonchev–Trinajstić information content (AvgIpc) is 2.27. The number of unbranched alkanes of at least 4 members (excludes halogenated alkanes) is 1. The fourth-order valence-electron chi connectivity index (χ4n) is 1.45. The highest BCUT2D eigenvalue weighted by Crippen LogP contribution is 2.14. The Balaban J connectivity index is 2.48. The van der Waals surface area contributed by atoms with E-state index in [2.05, 4.69) is 51.2 Å². The van der Waals surface area contributed by atoms with Gasteiger partial charge in [0.05, 0.1) is 6.61 Å². The minimum absolute atomic E-state index is 0.152. The molecular formula is C15H25NO. The van der Waals surface area contributed by atoms with Crippen LogP contribution in [0.4, 0.5) is 0 Å². The molecule has 0 aliphatic heterocycles. The molecule has 0 aliphatic rings. The SMILES string of the molecule is CCCCOc1cccc(CNC(C)(C)C)c1. The number of nitrogens with one attached hydrogen (secondary N) is 1. The number of ether oxygens (including phenoxy) is 1. The first-order valence-corrected chi connectivity index (χ1v) is 6.48. The van der Waals surface area contributed by atoms with Crippen molar-refractivity contribution >= 4 is 0 Å². The third-order valence-corrected chi connectivity index (χ3v) is 2.49. The third-order valence-electron chi connectivity index (χ3n) is 2.49. The normalized spacial score (nSPS) is 11.5. The molecule has 1 N–H and O–H groups in total. The van der Waals surface area contributed by atoms with E-state index >= 15 is 0 Å². The summed E-state index contributed by atoms with van der Waals surface area (Å²) < 4.78 is 5.69. The Kier molecular flexibility index (Phi) is 5.49. The molecule has 2 heteroatoms. The lowest BCUT2D eigenvalue weighted by Crippen LogP contribution is -2.35. The predicted octanol–water partition coefficient (Wildman–Crippen LogP) is 3.75. The molecule has 0 aliphatic carbocycles. The van der Waals surface area contributed by atoms with Crippen molar-refractivity contribution in [3.8, 4) is 5.75 Å². The van der Waals surface area contributed by atoms with Gasteiger partial charge < -0.3 is 10.1 Å². The predicted molar refractivity (Wildman–Crippen MR) is 73.4 cm³/mol. The Hall–Kier alpha value is -1.02. The van der Waals surface area contributed by atoms with Crippen molar-refractivity contribution in [3.05, 3.63) is 29.8 Å². The Morgan fingerprint density at radius 2 is 2.00 bits per heavy atom. The summed E-state index contributed by atoms with van der Waals surface area (Å²) in [5.74, 6) is 0.978. The van der Waals surface area contributed by atoms with Crippen LogP contribution in [0.25, 0.3) is 0 Å². The second-order valence-corrected chi connectivity index (χ2v) is 5.45. The molecule has 0 fully saturated rings. The van der Waals surface area contributed by atoms with Gasteiger partial charge in [0.2, 0.25) is 0 Å². The highest BCUT2D eigenvalue weighted by atomic mass is 16.5. The van der Waals surface area contributed by atoms with E-state index in [1.165, 1.54) is 12.0 Å². The third kappa shape index (κ3) is 6.32. The van der Waals surface area contributed by atoms with Crippen LogP contribution in [0.2, 0.25) is 0 Å². The number of hydrogen-bond donors (Lipinski definition) is 1. The zero-order chi connectivity index (χ0) is 12.7. The van der Waals surface area contributed by atoms with E-state index in [4.69, 9.17) is 4.74 Å². The molecule has 1 aromatic carbocycles. The first-order valence-electron chi connectivity index (χ1n) is 6.48. The van der Waals surface area contributed by atoms with Crippen LogP contribution in [-0.4, -0.2) is 12.1 Å². The summed E-state index contributed by atoms with van der Waals surface area (Å²) >= 11 is 0. The minimum atomic E-state index is 0.152. The summed E-state index contributed by atoms with van der Waals surface area (Å²) in [6.07, 6.45) is 2.29. The monoisotopic (exact) mass is 235 g/mol. The number of benzene rings is 1. The highest BCUT2D eigenvalue weighted by molar-refractivity contribution is 5.28. The number of rotatable bonds is 6. The van der Waals surface area contributed by atoms with Gasteiger partial charge in [-0.2, -0.15) is 0 Å². The number of hydrogen-bond acceptors (Lipinski definition) is 2. The lowest BCUT2D eigenvalue weighted by atomic mass is 10.1. The Bertz CT molecular complexity index is 328. The van der Waals surface area contributed by atoms with E-state index in [0.717, 1.165) is 25.3 Å². The van der Waals surface area contributed by atoms with E-state index in [-0.39, 0.29) is 5.54 Å². The summed E-state index contributed by atoms with van der Waals surface area (Å²) in [6.45, 7) is 10.4. The molecule has 0 bridgehead atoms. The Morgan fingerprint density at radius 3 is 2.65 bits per heavy atom. The van der Waals surface area contributed by atoms with Crippen molar-refractivity contribution in [1.29, 1.82) is 0 Å². The van der Waals surface area contributed by atoms with Gasteiger partial charge in [0.1, 0.15) is 5.75 Å². The molecule has 0 spiro atoms. The maximum absolute atomic E-state index is 5.69. The van der Waals surface area contributed by atoms with Gasteiger partial charge in [-0.25, -0.2) is 0 Å². The molecule has 0 atom stereocenters. The highest BCUT2D eigenvalue weighted by Gasteiger charge is 2.08. The molecule has 0 saturated carbocycles. The summed E-state index contributed by atoms with van der Waals surface area (Å²) in [5, 5.41) is 3.48. The molecule has 0 saturated heterocycles. The Morgan fingerprint density at radius 1 is 1.24 bits per heavy atom. The van der Waals surface area contributed by atoms with Gasteiger partial charge in [-0.1, -0.05) is 25.5 Å². The lowest BCUT2D eigenvalue weighted by molar-refractivity contribution is 0.309. The van der Waals surface area contributed by atoms with E-state index < -0.39 is 0 Å². The van der Waals surface area contributed by atoms with Gasteiger partial charge in [0, 0.05) is 12.1 Å². The fraction of sp³-hybridized carbons (Fsp3) is 0.600. The molecule has 2 nitrogen and oxygen atoms in total. The van der Waals surface area contributed by atoms with Gasteiger partial charge in [0.15, 0.2) is 0 Å². The first kappa shape index (κ1) is 14.0. The molecule has 17 heavy (non-hydrogen) atoms. The second-order valence-electron chi connectivity index (χ2n) is 5.45. The van der Waals surface area contributed by atoms with Crippen LogP contribution >= 0.6 is 0 Å². The Labute approximate surface area is 105 Å². The van der Waals surface area contributed by atoms with Gasteiger partial charge >= 0.3 is 0 Å². The van der Waals surface area contributed by atoms with E-state index in [0.29, 0.717) is 0 Å². The molecule has 1 aromatic rings. The summed E-state index contributed by atoms with van der Waals surface area (Å²) in [4.78, 5) is 0. The molecule has 96 valence electrons. The summed E-state index contributed by atoms with van der Waals surface area (Å²) in [6, 6.07) is 8.33. The molecular weight excluding hydrogens is 210 g/mol. The van der Waals surface area contributed by atoms with E-state index in [1.54, 1.807) is 0 Å². The average molecular weight is 235 g/mol. The van der Waals surface area contributed by atoms with Crippen LogP contribution in [0.3, 0.4) is 0 Å². The first-order chi connectivity index (χ1) is 8.01. The fourth-order valence-corrected chi connectivity index (χ4v) is 1.45. The van der Waals surface area contributed by atoms with Crippen LogP contribution < -0.4 is 10.1 Å². The molecule has 1 rings (SSSR count). The smallest absolute Gasteiger partial charge is 0.119 e. The van der Waals surface area contributed by atoms with Crippen molar-refractivity contribution in [1.82, 2.24) is 5.32 Å². The minimum Gasteiger partial charge on any atom is -0.494 e. The molecule has 0 unspecified atom stereocenters. The van der Waals surface area contributed by atoms with Crippen LogP contribution in [0.1, 0.15) is 46.1 Å². The topological polar surface area (TPSA) is 21.3 Å². The van der Waals surface area contributed by atoms with E-state index in [9.17, 15) is 0 Å². The van der Waals surface area contributed by atoms with Crippen molar-refractivity contribution in [2.75, 3.05) is 6.61 Å². The standard InChI is InChI=1S/C15H25NO/c1-5-6-10-17-14-9-7-8-13(11-14)12-16-15(2,3)4/h7-9,11,16H,5-6,10,12H2,1-4H3. The van der Waals surface area contributed by atoms with Gasteiger partial charge in [-0.05, 0) is 44.9 Å². The van der Waals surface area contributed by atoms with Gasteiger partial charge in [0.25, 0.3) is 0 Å². The van der Waals surface area contributed by atoms with Crippen molar-refractivity contribution in [3.63, 3.8) is 0 Å². The second kappa shape index (κ2) is 6.65. The van der Waals surface area contributed by atoms with Crippen LogP contribution in [0.15, 0.2) is 24.3 Å².